The Bertz CT molecular complexity index is 508. The van der Waals surface area contributed by atoms with Gasteiger partial charge in [-0.3, -0.25) is 16.0 Å². The number of benzene rings is 1. The average Bonchev–Trinajstić information content (AvgIpc) is 2.46. The first kappa shape index (κ1) is 14.5. The number of piperidine rings is 1. The van der Waals surface area contributed by atoms with E-state index in [0.29, 0.717) is 17.9 Å². The second kappa shape index (κ2) is 5.64. The van der Waals surface area contributed by atoms with Crippen molar-refractivity contribution in [1.29, 1.82) is 0 Å². The molecule has 1 heterocycles. The minimum Gasteiger partial charge on any atom is -0.377 e. The first-order valence-electron chi connectivity index (χ1n) is 6.55. The lowest BCUT2D eigenvalue weighted by molar-refractivity contribution is -0.383. The fourth-order valence-electron chi connectivity index (χ4n) is 2.67. The predicted molar refractivity (Wildman–Crippen MR) is 77.8 cm³/mol. The van der Waals surface area contributed by atoms with E-state index in [1.165, 1.54) is 0 Å². The molecule has 1 unspecified atom stereocenters. The van der Waals surface area contributed by atoms with Crippen LogP contribution in [0.2, 0.25) is 0 Å². The Morgan fingerprint density at radius 2 is 2.30 bits per heavy atom. The molecule has 0 radical (unpaired) electrons. The number of methoxy groups -OCH3 is 1. The maximum Gasteiger partial charge on any atom is 0.316 e. The van der Waals surface area contributed by atoms with E-state index in [9.17, 15) is 10.1 Å². The minimum absolute atomic E-state index is 0.00959. The van der Waals surface area contributed by atoms with E-state index in [4.69, 9.17) is 10.6 Å². The zero-order valence-electron chi connectivity index (χ0n) is 11.8. The van der Waals surface area contributed by atoms with Crippen LogP contribution in [0.5, 0.6) is 0 Å². The van der Waals surface area contributed by atoms with Crippen molar-refractivity contribution in [1.82, 2.24) is 0 Å². The number of nitrogens with zero attached hydrogens (tertiary/aromatic N) is 2. The van der Waals surface area contributed by atoms with Crippen LogP contribution in [0.15, 0.2) is 18.2 Å². The van der Waals surface area contributed by atoms with Crippen molar-refractivity contribution in [3.05, 3.63) is 28.3 Å². The van der Waals surface area contributed by atoms with Gasteiger partial charge in [-0.05, 0) is 31.9 Å². The molecule has 0 bridgehead atoms. The molecule has 110 valence electrons. The van der Waals surface area contributed by atoms with Gasteiger partial charge in [-0.1, -0.05) is 6.07 Å². The van der Waals surface area contributed by atoms with Crippen molar-refractivity contribution in [2.45, 2.75) is 25.4 Å². The van der Waals surface area contributed by atoms with E-state index >= 15 is 0 Å². The third kappa shape index (κ3) is 2.68. The van der Waals surface area contributed by atoms with Crippen molar-refractivity contribution in [3.63, 3.8) is 0 Å². The normalized spacial score (nSPS) is 22.6. The van der Waals surface area contributed by atoms with Crippen molar-refractivity contribution in [2.24, 2.45) is 5.84 Å². The molecule has 1 fully saturated rings. The highest BCUT2D eigenvalue weighted by Crippen LogP contribution is 2.38. The standard InChI is InChI=1S/C13H20N4O3/c1-13(20-2)7-4-8-16(9-13)11-6-3-5-10(15-14)12(11)17(18)19/h3,5-6,15H,4,7-9,14H2,1-2H3. The van der Waals surface area contributed by atoms with Crippen molar-refractivity contribution >= 4 is 17.1 Å². The summed E-state index contributed by atoms with van der Waals surface area (Å²) < 4.78 is 5.54. The topological polar surface area (TPSA) is 93.7 Å². The van der Waals surface area contributed by atoms with Gasteiger partial charge in [0.2, 0.25) is 0 Å². The lowest BCUT2D eigenvalue weighted by Gasteiger charge is -2.40. The Morgan fingerprint density at radius 3 is 2.90 bits per heavy atom. The summed E-state index contributed by atoms with van der Waals surface area (Å²) in [5.74, 6) is 5.37. The predicted octanol–water partition coefficient (Wildman–Crippen LogP) is 1.89. The number of ether oxygens (including phenoxy) is 1. The molecule has 0 aliphatic carbocycles. The summed E-state index contributed by atoms with van der Waals surface area (Å²) in [6.45, 7) is 3.42. The smallest absolute Gasteiger partial charge is 0.316 e. The molecule has 0 spiro atoms. The molecule has 1 atom stereocenters. The number of rotatable bonds is 4. The van der Waals surface area contributed by atoms with Gasteiger partial charge in [0.15, 0.2) is 0 Å². The molecule has 0 saturated carbocycles. The van der Waals surface area contributed by atoms with E-state index in [-0.39, 0.29) is 11.3 Å². The fraction of sp³-hybridized carbons (Fsp3) is 0.538. The number of para-hydroxylation sites is 1. The molecule has 1 aromatic carbocycles. The van der Waals surface area contributed by atoms with Crippen LogP contribution in [0, 0.1) is 10.1 Å². The highest BCUT2D eigenvalue weighted by molar-refractivity contribution is 5.76. The fourth-order valence-corrected chi connectivity index (χ4v) is 2.67. The summed E-state index contributed by atoms with van der Waals surface area (Å²) in [7, 11) is 1.68. The largest absolute Gasteiger partial charge is 0.377 e. The maximum absolute atomic E-state index is 11.3. The van der Waals surface area contributed by atoms with Crippen molar-refractivity contribution in [2.75, 3.05) is 30.5 Å². The Labute approximate surface area is 117 Å². The van der Waals surface area contributed by atoms with Gasteiger partial charge < -0.3 is 15.1 Å². The molecule has 7 nitrogen and oxygen atoms in total. The number of hydrazine groups is 1. The molecule has 2 rings (SSSR count). The molecule has 3 N–H and O–H groups in total. The number of nitrogens with one attached hydrogen (secondary N) is 1. The summed E-state index contributed by atoms with van der Waals surface area (Å²) in [5.41, 5.74) is 3.02. The van der Waals surface area contributed by atoms with Crippen LogP contribution < -0.4 is 16.2 Å². The van der Waals surface area contributed by atoms with Crippen LogP contribution >= 0.6 is 0 Å². The average molecular weight is 280 g/mol. The zero-order chi connectivity index (χ0) is 14.8. The van der Waals surface area contributed by atoms with E-state index in [0.717, 1.165) is 19.4 Å². The van der Waals surface area contributed by atoms with Crippen molar-refractivity contribution in [3.8, 4) is 0 Å². The molecule has 0 aromatic heterocycles. The van der Waals surface area contributed by atoms with Crippen LogP contribution in [0.25, 0.3) is 0 Å². The summed E-state index contributed by atoms with van der Waals surface area (Å²) in [5, 5.41) is 11.3. The molecule has 1 aliphatic heterocycles. The maximum atomic E-state index is 11.3. The SMILES string of the molecule is COC1(C)CCCN(c2cccc(NN)c2[N+](=O)[O-])C1. The van der Waals surface area contributed by atoms with E-state index < -0.39 is 4.92 Å². The summed E-state index contributed by atoms with van der Waals surface area (Å²) in [6, 6.07) is 5.11. The molecule has 0 amide bonds. The van der Waals surface area contributed by atoms with Gasteiger partial charge in [0, 0.05) is 20.2 Å². The highest BCUT2D eigenvalue weighted by atomic mass is 16.6. The number of hydrogen-bond acceptors (Lipinski definition) is 6. The van der Waals surface area contributed by atoms with Gasteiger partial charge in [0.25, 0.3) is 0 Å². The molecule has 1 saturated heterocycles. The monoisotopic (exact) mass is 280 g/mol. The number of nitrogen functional groups attached to an aromatic ring is 1. The van der Waals surface area contributed by atoms with Crippen LogP contribution in [-0.2, 0) is 4.74 Å². The number of nitrogens with two attached hydrogens (primary N) is 1. The molecule has 7 heteroatoms. The number of nitro groups is 1. The molecule has 1 aliphatic rings. The van der Waals surface area contributed by atoms with Crippen LogP contribution in [-0.4, -0.2) is 30.7 Å². The van der Waals surface area contributed by atoms with Crippen LogP contribution in [0.3, 0.4) is 0 Å². The highest BCUT2D eigenvalue weighted by Gasteiger charge is 2.34. The molecule has 20 heavy (non-hydrogen) atoms. The molecular formula is C13H20N4O3. The number of hydrogen-bond donors (Lipinski definition) is 2. The molecular weight excluding hydrogens is 260 g/mol. The van der Waals surface area contributed by atoms with Gasteiger partial charge in [0.1, 0.15) is 11.4 Å². The van der Waals surface area contributed by atoms with Gasteiger partial charge in [-0.2, -0.15) is 0 Å². The van der Waals surface area contributed by atoms with Crippen molar-refractivity contribution < 1.29 is 9.66 Å². The van der Waals surface area contributed by atoms with Gasteiger partial charge in [-0.15, -0.1) is 0 Å². The quantitative estimate of drug-likeness (QED) is 0.497. The number of nitro benzene ring substituents is 1. The first-order valence-corrected chi connectivity index (χ1v) is 6.55. The lowest BCUT2D eigenvalue weighted by Crippen LogP contribution is -2.47. The minimum atomic E-state index is -0.400. The van der Waals surface area contributed by atoms with Gasteiger partial charge >= 0.3 is 5.69 Å². The Hall–Kier alpha value is -1.86. The number of anilines is 2. The van der Waals surface area contributed by atoms with Gasteiger partial charge in [0.05, 0.1) is 10.5 Å². The molecule has 1 aromatic rings. The zero-order valence-corrected chi connectivity index (χ0v) is 11.8. The van der Waals surface area contributed by atoms with E-state index in [1.54, 1.807) is 25.3 Å². The third-order valence-electron chi connectivity index (χ3n) is 3.85. The Balaban J connectivity index is 2.39. The van der Waals surface area contributed by atoms with E-state index in [1.807, 2.05) is 11.8 Å². The second-order valence-electron chi connectivity index (χ2n) is 5.25. The Kier molecular flexibility index (Phi) is 4.10. The van der Waals surface area contributed by atoms with E-state index in [2.05, 4.69) is 5.43 Å². The Morgan fingerprint density at radius 1 is 1.55 bits per heavy atom. The summed E-state index contributed by atoms with van der Waals surface area (Å²) in [4.78, 5) is 12.9. The third-order valence-corrected chi connectivity index (χ3v) is 3.85. The second-order valence-corrected chi connectivity index (χ2v) is 5.25. The first-order chi connectivity index (χ1) is 9.50. The summed E-state index contributed by atoms with van der Waals surface area (Å²) >= 11 is 0. The van der Waals surface area contributed by atoms with Crippen LogP contribution in [0.4, 0.5) is 17.1 Å². The lowest BCUT2D eigenvalue weighted by atomic mass is 9.94. The van der Waals surface area contributed by atoms with Gasteiger partial charge in [-0.25, -0.2) is 0 Å². The van der Waals surface area contributed by atoms with Crippen LogP contribution in [0.1, 0.15) is 19.8 Å². The summed E-state index contributed by atoms with van der Waals surface area (Å²) in [6.07, 6.45) is 1.88.